The number of halogens is 2. The van der Waals surface area contributed by atoms with Crippen LogP contribution in [0.3, 0.4) is 0 Å². The molecule has 11 heteroatoms. The van der Waals surface area contributed by atoms with E-state index in [1.165, 1.54) is 24.1 Å². The Kier molecular flexibility index (Phi) is 7.37. The molecule has 200 valence electrons. The average molecular weight is 526 g/mol. The molecule has 0 radical (unpaired) electrons. The second kappa shape index (κ2) is 10.9. The second-order valence-electron chi connectivity index (χ2n) is 9.46. The van der Waals surface area contributed by atoms with E-state index in [0.29, 0.717) is 73.7 Å². The maximum atomic E-state index is 13.9. The number of nitrogens with zero attached hydrogens (tertiary/aromatic N) is 4. The highest BCUT2D eigenvalue weighted by molar-refractivity contribution is 6.00. The van der Waals surface area contributed by atoms with Gasteiger partial charge in [0.1, 0.15) is 23.5 Å². The number of fused-ring (bicyclic) bond motifs is 1. The van der Waals surface area contributed by atoms with Gasteiger partial charge < -0.3 is 24.6 Å². The number of morpholine rings is 1. The third kappa shape index (κ3) is 5.24. The number of esters is 1. The number of anilines is 2. The first-order valence-electron chi connectivity index (χ1n) is 12.6. The van der Waals surface area contributed by atoms with Gasteiger partial charge in [-0.15, -0.1) is 0 Å². The predicted octanol–water partition coefficient (Wildman–Crippen LogP) is 3.70. The van der Waals surface area contributed by atoms with Crippen LogP contribution in [0.15, 0.2) is 36.5 Å². The molecule has 3 heterocycles. The Balaban J connectivity index is 1.56. The third-order valence-electron chi connectivity index (χ3n) is 6.95. The van der Waals surface area contributed by atoms with Crippen molar-refractivity contribution >= 4 is 34.4 Å². The molecule has 2 saturated heterocycles. The van der Waals surface area contributed by atoms with Crippen LogP contribution >= 0.6 is 0 Å². The first kappa shape index (κ1) is 25.8. The number of hydrogen-bond donors (Lipinski definition) is 1. The van der Waals surface area contributed by atoms with Gasteiger partial charge in [-0.2, -0.15) is 0 Å². The fourth-order valence-electron chi connectivity index (χ4n) is 5.05. The summed E-state index contributed by atoms with van der Waals surface area (Å²) in [7, 11) is 1.31. The van der Waals surface area contributed by atoms with E-state index in [1.807, 2.05) is 6.92 Å². The van der Waals surface area contributed by atoms with Gasteiger partial charge >= 0.3 is 5.97 Å². The molecule has 5 rings (SSSR count). The van der Waals surface area contributed by atoms with Gasteiger partial charge in [-0.3, -0.25) is 9.78 Å². The summed E-state index contributed by atoms with van der Waals surface area (Å²) in [4.78, 5) is 38.9. The summed E-state index contributed by atoms with van der Waals surface area (Å²) in [6.45, 7) is 4.77. The van der Waals surface area contributed by atoms with E-state index in [4.69, 9.17) is 14.5 Å². The van der Waals surface area contributed by atoms with Gasteiger partial charge in [-0.25, -0.2) is 18.6 Å². The number of ether oxygens (including phenoxy) is 2. The Labute approximate surface area is 218 Å². The van der Waals surface area contributed by atoms with Gasteiger partial charge in [0.15, 0.2) is 0 Å². The Morgan fingerprint density at radius 2 is 1.84 bits per heavy atom. The van der Waals surface area contributed by atoms with E-state index in [9.17, 15) is 18.4 Å². The maximum Gasteiger partial charge on any atom is 0.328 e. The molecular weight excluding hydrogens is 496 g/mol. The lowest BCUT2D eigenvalue weighted by molar-refractivity contribution is -0.145. The van der Waals surface area contributed by atoms with Crippen molar-refractivity contribution in [1.29, 1.82) is 0 Å². The monoisotopic (exact) mass is 525 g/mol. The summed E-state index contributed by atoms with van der Waals surface area (Å²) < 4.78 is 38.1. The molecule has 1 N–H and O–H groups in total. The molecule has 2 aliphatic heterocycles. The second-order valence-corrected chi connectivity index (χ2v) is 9.46. The summed E-state index contributed by atoms with van der Waals surface area (Å²) >= 11 is 0. The standard InChI is InChI=1S/C27H29F2N5O4/c1-16(31-20-13-18(28)12-19(29)14-20)21-10-17(26(35)34-5-3-4-23(34)27(36)37-2)11-22-25(21)32-24(15-30-22)33-6-8-38-9-7-33/h10-16,23,31H,3-9H2,1-2H3. The van der Waals surface area contributed by atoms with Gasteiger partial charge in [-0.05, 0) is 44.0 Å². The smallest absolute Gasteiger partial charge is 0.328 e. The van der Waals surface area contributed by atoms with Crippen LogP contribution in [0, 0.1) is 11.6 Å². The molecule has 0 bridgehead atoms. The van der Waals surface area contributed by atoms with Crippen LogP contribution in [-0.4, -0.2) is 72.7 Å². The zero-order valence-corrected chi connectivity index (χ0v) is 21.2. The average Bonchev–Trinajstić information content (AvgIpc) is 3.41. The molecule has 0 saturated carbocycles. The fraction of sp³-hybridized carbons (Fsp3) is 0.407. The number of carbonyl (C=O) groups is 2. The minimum absolute atomic E-state index is 0.252. The predicted molar refractivity (Wildman–Crippen MR) is 137 cm³/mol. The summed E-state index contributed by atoms with van der Waals surface area (Å²) in [5.41, 5.74) is 2.29. The molecule has 2 aliphatic rings. The quantitative estimate of drug-likeness (QED) is 0.487. The van der Waals surface area contributed by atoms with E-state index >= 15 is 0 Å². The summed E-state index contributed by atoms with van der Waals surface area (Å²) in [6.07, 6.45) is 2.89. The fourth-order valence-corrected chi connectivity index (χ4v) is 5.05. The van der Waals surface area contributed by atoms with Crippen LogP contribution in [0.2, 0.25) is 0 Å². The van der Waals surface area contributed by atoms with E-state index in [-0.39, 0.29) is 11.6 Å². The first-order valence-corrected chi connectivity index (χ1v) is 12.6. The molecule has 2 unspecified atom stereocenters. The lowest BCUT2D eigenvalue weighted by Gasteiger charge is -2.28. The number of carbonyl (C=O) groups excluding carboxylic acids is 2. The number of hydrogen-bond acceptors (Lipinski definition) is 8. The van der Waals surface area contributed by atoms with Gasteiger partial charge in [0.05, 0.1) is 43.6 Å². The van der Waals surface area contributed by atoms with Gasteiger partial charge in [0, 0.05) is 42.5 Å². The van der Waals surface area contributed by atoms with E-state index in [1.54, 1.807) is 18.3 Å². The highest BCUT2D eigenvalue weighted by Crippen LogP contribution is 2.30. The minimum atomic E-state index is -0.703. The van der Waals surface area contributed by atoms with Crippen molar-refractivity contribution in [1.82, 2.24) is 14.9 Å². The van der Waals surface area contributed by atoms with Crippen molar-refractivity contribution in [3.8, 4) is 0 Å². The molecule has 9 nitrogen and oxygen atoms in total. The highest BCUT2D eigenvalue weighted by Gasteiger charge is 2.35. The molecule has 38 heavy (non-hydrogen) atoms. The van der Waals surface area contributed by atoms with Crippen molar-refractivity contribution in [3.05, 3.63) is 59.3 Å². The summed E-state index contributed by atoms with van der Waals surface area (Å²) in [5, 5.41) is 3.12. The Morgan fingerprint density at radius 3 is 2.55 bits per heavy atom. The number of benzene rings is 2. The number of methoxy groups -OCH3 is 1. The van der Waals surface area contributed by atoms with Crippen LogP contribution < -0.4 is 10.2 Å². The van der Waals surface area contributed by atoms with E-state index < -0.39 is 29.7 Å². The van der Waals surface area contributed by atoms with Crippen LogP contribution in [0.4, 0.5) is 20.3 Å². The largest absolute Gasteiger partial charge is 0.467 e. The van der Waals surface area contributed by atoms with E-state index in [0.717, 1.165) is 6.07 Å². The van der Waals surface area contributed by atoms with Crippen LogP contribution in [-0.2, 0) is 14.3 Å². The number of nitrogens with one attached hydrogen (secondary N) is 1. The molecule has 2 aromatic carbocycles. The Bertz CT molecular complexity index is 1340. The van der Waals surface area contributed by atoms with Crippen molar-refractivity contribution in [3.63, 3.8) is 0 Å². The number of likely N-dealkylation sites (tertiary alicyclic amines) is 1. The van der Waals surface area contributed by atoms with Gasteiger partial charge in [-0.1, -0.05) is 0 Å². The maximum absolute atomic E-state index is 13.9. The van der Waals surface area contributed by atoms with Crippen LogP contribution in [0.25, 0.3) is 11.0 Å². The molecule has 0 spiro atoms. The number of rotatable bonds is 6. The van der Waals surface area contributed by atoms with Crippen LogP contribution in [0.1, 0.15) is 41.7 Å². The molecule has 3 aromatic rings. The Hall–Kier alpha value is -3.86. The molecule has 2 atom stereocenters. The van der Waals surface area contributed by atoms with Crippen LogP contribution in [0.5, 0.6) is 0 Å². The molecule has 1 aromatic heterocycles. The number of amides is 1. The molecular formula is C27H29F2N5O4. The zero-order valence-electron chi connectivity index (χ0n) is 21.2. The van der Waals surface area contributed by atoms with E-state index in [2.05, 4.69) is 15.2 Å². The molecule has 1 amide bonds. The van der Waals surface area contributed by atoms with Crippen molar-refractivity contribution in [2.24, 2.45) is 0 Å². The first-order chi connectivity index (χ1) is 18.3. The Morgan fingerprint density at radius 1 is 1.11 bits per heavy atom. The number of aromatic nitrogens is 2. The minimum Gasteiger partial charge on any atom is -0.467 e. The summed E-state index contributed by atoms with van der Waals surface area (Å²) in [6, 6.07) is 5.45. The molecule has 2 fully saturated rings. The van der Waals surface area contributed by atoms with Gasteiger partial charge in [0.25, 0.3) is 5.91 Å². The third-order valence-corrected chi connectivity index (χ3v) is 6.95. The lowest BCUT2D eigenvalue weighted by atomic mass is 10.0. The lowest BCUT2D eigenvalue weighted by Crippen LogP contribution is -2.41. The van der Waals surface area contributed by atoms with Crippen molar-refractivity contribution in [2.45, 2.75) is 31.8 Å². The zero-order chi connectivity index (χ0) is 26.8. The van der Waals surface area contributed by atoms with Crippen molar-refractivity contribution in [2.75, 3.05) is 50.2 Å². The topological polar surface area (TPSA) is 96.9 Å². The highest BCUT2D eigenvalue weighted by atomic mass is 19.1. The normalized spacial score (nSPS) is 18.5. The molecule has 0 aliphatic carbocycles. The SMILES string of the molecule is COC(=O)C1CCCN1C(=O)c1cc(C(C)Nc2cc(F)cc(F)c2)c2nc(N3CCOCC3)cnc2c1. The summed E-state index contributed by atoms with van der Waals surface area (Å²) in [5.74, 6) is -1.49. The van der Waals surface area contributed by atoms with Crippen molar-refractivity contribution < 1.29 is 27.8 Å². The van der Waals surface area contributed by atoms with Gasteiger partial charge in [0.2, 0.25) is 0 Å².